The van der Waals surface area contributed by atoms with Crippen molar-refractivity contribution in [3.63, 3.8) is 0 Å². The molecule has 5 heteroatoms. The molecule has 1 aliphatic heterocycles. The van der Waals surface area contributed by atoms with Crippen molar-refractivity contribution in [2.75, 3.05) is 13.1 Å². The van der Waals surface area contributed by atoms with Crippen LogP contribution in [0.2, 0.25) is 0 Å². The van der Waals surface area contributed by atoms with Gasteiger partial charge in [-0.1, -0.05) is 15.9 Å². The highest BCUT2D eigenvalue weighted by Gasteiger charge is 2.25. The first kappa shape index (κ1) is 10.7. The number of hydrogen-bond acceptors (Lipinski definition) is 2. The molecule has 1 aromatic rings. The van der Waals surface area contributed by atoms with Crippen LogP contribution in [0.5, 0.6) is 0 Å². The normalized spacial score (nSPS) is 22.1. The Morgan fingerprint density at radius 1 is 1.53 bits per heavy atom. The predicted octanol–water partition coefficient (Wildman–Crippen LogP) is 1.27. The molecule has 1 atom stereocenters. The highest BCUT2D eigenvalue weighted by Crippen LogP contribution is 2.18. The largest absolute Gasteiger partial charge is 0.340 e. The number of aromatic nitrogens is 2. The van der Waals surface area contributed by atoms with Gasteiger partial charge in [-0.2, -0.15) is 5.10 Å². The second-order valence-corrected chi connectivity index (χ2v) is 4.81. The van der Waals surface area contributed by atoms with Crippen LogP contribution < -0.4 is 0 Å². The number of carbonyl (C=O) groups excluding carboxylic acids is 1. The summed E-state index contributed by atoms with van der Waals surface area (Å²) in [6.07, 6.45) is 5.71. The van der Waals surface area contributed by atoms with Gasteiger partial charge in [0.25, 0.3) is 0 Å². The molecule has 15 heavy (non-hydrogen) atoms. The first-order valence-corrected chi connectivity index (χ1v) is 6.09. The molecule has 0 N–H and O–H groups in total. The van der Waals surface area contributed by atoms with E-state index in [1.807, 2.05) is 21.8 Å². The van der Waals surface area contributed by atoms with E-state index < -0.39 is 0 Å². The minimum atomic E-state index is 0.0175. The van der Waals surface area contributed by atoms with Crippen molar-refractivity contribution in [3.05, 3.63) is 18.5 Å². The molecule has 2 heterocycles. The van der Waals surface area contributed by atoms with E-state index in [1.165, 1.54) is 0 Å². The van der Waals surface area contributed by atoms with Crippen molar-refractivity contribution in [1.82, 2.24) is 14.7 Å². The number of rotatable bonds is 3. The summed E-state index contributed by atoms with van der Waals surface area (Å²) in [5.74, 6) is 0.216. The van der Waals surface area contributed by atoms with Gasteiger partial charge in [-0.05, 0) is 18.9 Å². The maximum absolute atomic E-state index is 11.7. The highest BCUT2D eigenvalue weighted by molar-refractivity contribution is 9.10. The van der Waals surface area contributed by atoms with Gasteiger partial charge in [0.15, 0.2) is 0 Å². The first-order chi connectivity index (χ1) is 7.27. The Kier molecular flexibility index (Phi) is 3.41. The smallest absolute Gasteiger partial charge is 0.236 e. The molecule has 2 rings (SSSR count). The van der Waals surface area contributed by atoms with Crippen LogP contribution in [0, 0.1) is 0 Å². The fraction of sp³-hybridized carbons (Fsp3) is 0.600. The third kappa shape index (κ3) is 2.59. The fourth-order valence-corrected chi connectivity index (χ4v) is 2.38. The van der Waals surface area contributed by atoms with Crippen LogP contribution in [0.3, 0.4) is 0 Å². The summed E-state index contributed by atoms with van der Waals surface area (Å²) < 4.78 is 1.85. The van der Waals surface area contributed by atoms with Crippen LogP contribution in [0.15, 0.2) is 18.5 Å². The number of carbonyl (C=O) groups is 1. The van der Waals surface area contributed by atoms with Crippen molar-refractivity contribution < 1.29 is 4.79 Å². The molecule has 1 aromatic heterocycles. The van der Waals surface area contributed by atoms with Gasteiger partial charge in [-0.15, -0.1) is 0 Å². The van der Waals surface area contributed by atoms with Gasteiger partial charge in [-0.25, -0.2) is 0 Å². The maximum Gasteiger partial charge on any atom is 0.236 e. The topological polar surface area (TPSA) is 38.1 Å². The lowest BCUT2D eigenvalue weighted by Gasteiger charge is -2.29. The molecular weight excluding hydrogens is 258 g/mol. The fourth-order valence-electron chi connectivity index (χ4n) is 1.77. The number of nitrogens with zero attached hydrogens (tertiary/aromatic N) is 3. The van der Waals surface area contributed by atoms with Crippen LogP contribution in [-0.4, -0.2) is 38.5 Å². The van der Waals surface area contributed by atoms with Gasteiger partial charge < -0.3 is 4.90 Å². The number of hydrogen-bond donors (Lipinski definition) is 0. The van der Waals surface area contributed by atoms with Crippen LogP contribution in [0.1, 0.15) is 12.8 Å². The maximum atomic E-state index is 11.7. The van der Waals surface area contributed by atoms with Crippen molar-refractivity contribution in [2.45, 2.75) is 24.2 Å². The molecule has 4 nitrogen and oxygen atoms in total. The standard InChI is InChI=1S/C10H14BrN3O/c11-9-3-1-5-13(10(9)15)7-8-14-6-2-4-12-14/h2,4,6,9H,1,3,5,7-8H2. The van der Waals surface area contributed by atoms with E-state index >= 15 is 0 Å². The second kappa shape index (κ2) is 4.79. The zero-order valence-corrected chi connectivity index (χ0v) is 10.1. The zero-order valence-electron chi connectivity index (χ0n) is 8.47. The molecule has 1 fully saturated rings. The number of likely N-dealkylation sites (tertiary alicyclic amines) is 1. The SMILES string of the molecule is O=C1C(Br)CCCN1CCn1cccn1. The van der Waals surface area contributed by atoms with Crippen molar-refractivity contribution in [3.8, 4) is 0 Å². The summed E-state index contributed by atoms with van der Waals surface area (Å²) in [7, 11) is 0. The summed E-state index contributed by atoms with van der Waals surface area (Å²) in [4.78, 5) is 13.7. The zero-order chi connectivity index (χ0) is 10.7. The molecule has 1 unspecified atom stereocenters. The molecule has 0 aliphatic carbocycles. The van der Waals surface area contributed by atoms with Crippen LogP contribution in [-0.2, 0) is 11.3 Å². The summed E-state index contributed by atoms with van der Waals surface area (Å²) in [6.45, 7) is 2.41. The molecule has 1 saturated heterocycles. The van der Waals surface area contributed by atoms with E-state index in [0.717, 1.165) is 32.5 Å². The Morgan fingerprint density at radius 2 is 2.40 bits per heavy atom. The predicted molar refractivity (Wildman–Crippen MR) is 60.8 cm³/mol. The van der Waals surface area contributed by atoms with Gasteiger partial charge in [0.2, 0.25) is 5.91 Å². The molecule has 1 aliphatic rings. The molecular formula is C10H14BrN3O. The number of piperidine rings is 1. The molecule has 82 valence electrons. The number of amides is 1. The van der Waals surface area contributed by atoms with E-state index in [9.17, 15) is 4.79 Å². The van der Waals surface area contributed by atoms with Crippen LogP contribution in [0.25, 0.3) is 0 Å². The van der Waals surface area contributed by atoms with E-state index in [1.54, 1.807) is 6.20 Å². The summed E-state index contributed by atoms with van der Waals surface area (Å²) in [6, 6.07) is 1.89. The number of alkyl halides is 1. The van der Waals surface area contributed by atoms with E-state index in [-0.39, 0.29) is 10.7 Å². The van der Waals surface area contributed by atoms with E-state index in [2.05, 4.69) is 21.0 Å². The average molecular weight is 272 g/mol. The monoisotopic (exact) mass is 271 g/mol. The Balaban J connectivity index is 1.86. The lowest BCUT2D eigenvalue weighted by atomic mass is 10.1. The van der Waals surface area contributed by atoms with Gasteiger partial charge in [-0.3, -0.25) is 9.48 Å². The molecule has 0 bridgehead atoms. The third-order valence-electron chi connectivity index (χ3n) is 2.62. The minimum Gasteiger partial charge on any atom is -0.340 e. The number of halogens is 1. The molecule has 0 spiro atoms. The molecule has 0 aromatic carbocycles. The Labute approximate surface area is 97.4 Å². The van der Waals surface area contributed by atoms with Crippen LogP contribution in [0.4, 0.5) is 0 Å². The van der Waals surface area contributed by atoms with Gasteiger partial charge in [0, 0.05) is 25.5 Å². The Morgan fingerprint density at radius 3 is 3.13 bits per heavy atom. The first-order valence-electron chi connectivity index (χ1n) is 5.17. The summed E-state index contributed by atoms with van der Waals surface area (Å²) in [5.41, 5.74) is 0. The summed E-state index contributed by atoms with van der Waals surface area (Å²) in [5, 5.41) is 4.11. The highest BCUT2D eigenvalue weighted by atomic mass is 79.9. The lowest BCUT2D eigenvalue weighted by Crippen LogP contribution is -2.43. The van der Waals surface area contributed by atoms with Crippen LogP contribution >= 0.6 is 15.9 Å². The Bertz CT molecular complexity index is 325. The van der Waals surface area contributed by atoms with Crippen molar-refractivity contribution in [2.24, 2.45) is 0 Å². The Hall–Kier alpha value is -0.840. The minimum absolute atomic E-state index is 0.0175. The van der Waals surface area contributed by atoms with Gasteiger partial charge >= 0.3 is 0 Å². The van der Waals surface area contributed by atoms with E-state index in [0.29, 0.717) is 0 Å². The quantitative estimate of drug-likeness (QED) is 0.777. The molecule has 0 saturated carbocycles. The lowest BCUT2D eigenvalue weighted by molar-refractivity contribution is -0.132. The van der Waals surface area contributed by atoms with Crippen molar-refractivity contribution in [1.29, 1.82) is 0 Å². The van der Waals surface area contributed by atoms with Gasteiger partial charge in [0.05, 0.1) is 11.4 Å². The molecule has 1 amide bonds. The van der Waals surface area contributed by atoms with Gasteiger partial charge in [0.1, 0.15) is 0 Å². The second-order valence-electron chi connectivity index (χ2n) is 3.70. The van der Waals surface area contributed by atoms with Crippen molar-refractivity contribution >= 4 is 21.8 Å². The molecule has 0 radical (unpaired) electrons. The average Bonchev–Trinajstić information content (AvgIpc) is 2.73. The summed E-state index contributed by atoms with van der Waals surface area (Å²) >= 11 is 3.40. The van der Waals surface area contributed by atoms with E-state index in [4.69, 9.17) is 0 Å². The third-order valence-corrected chi connectivity index (χ3v) is 3.47.